The van der Waals surface area contributed by atoms with Crippen LogP contribution in [0.15, 0.2) is 30.3 Å². The van der Waals surface area contributed by atoms with Crippen molar-refractivity contribution in [1.82, 2.24) is 4.90 Å². The average molecular weight is 219 g/mol. The maximum atomic E-state index is 2.41. The first-order valence-corrected chi connectivity index (χ1v) is 6.12. The molecule has 0 aromatic heterocycles. The van der Waals surface area contributed by atoms with Crippen molar-refractivity contribution in [2.24, 2.45) is 11.3 Å². The highest BCUT2D eigenvalue weighted by atomic mass is 15.1. The van der Waals surface area contributed by atoms with Crippen LogP contribution in [-0.2, 0) is 6.54 Å². The first-order valence-electron chi connectivity index (χ1n) is 6.12. The normalized spacial score (nSPS) is 14.1. The molecule has 0 N–H and O–H groups in total. The topological polar surface area (TPSA) is 3.24 Å². The van der Waals surface area contributed by atoms with Crippen molar-refractivity contribution in [2.45, 2.75) is 34.2 Å². The van der Waals surface area contributed by atoms with Crippen LogP contribution < -0.4 is 0 Å². The van der Waals surface area contributed by atoms with E-state index in [1.165, 1.54) is 5.56 Å². The molecule has 0 spiro atoms. The lowest BCUT2D eigenvalue weighted by Gasteiger charge is -2.31. The summed E-state index contributed by atoms with van der Waals surface area (Å²) in [5, 5.41) is 0. The summed E-state index contributed by atoms with van der Waals surface area (Å²) in [7, 11) is 2.20. The minimum Gasteiger partial charge on any atom is -0.302 e. The van der Waals surface area contributed by atoms with Crippen molar-refractivity contribution >= 4 is 0 Å². The van der Waals surface area contributed by atoms with Gasteiger partial charge in [-0.2, -0.15) is 0 Å². The van der Waals surface area contributed by atoms with E-state index < -0.39 is 0 Å². The first-order chi connectivity index (χ1) is 7.39. The van der Waals surface area contributed by atoms with Gasteiger partial charge in [0.25, 0.3) is 0 Å². The molecule has 1 heteroatoms. The summed E-state index contributed by atoms with van der Waals surface area (Å²) in [6.45, 7) is 11.5. The Morgan fingerprint density at radius 2 is 1.69 bits per heavy atom. The lowest BCUT2D eigenvalue weighted by atomic mass is 9.82. The Balaban J connectivity index is 2.45. The molecule has 0 aliphatic rings. The predicted octanol–water partition coefficient (Wildman–Crippen LogP) is 3.80. The number of benzene rings is 1. The van der Waals surface area contributed by atoms with Gasteiger partial charge in [0.1, 0.15) is 0 Å². The molecule has 1 atom stereocenters. The first kappa shape index (κ1) is 13.2. The molecule has 0 saturated carbocycles. The fraction of sp³-hybridized carbons (Fsp3) is 0.600. The summed E-state index contributed by atoms with van der Waals surface area (Å²) in [6.07, 6.45) is 0. The lowest BCUT2D eigenvalue weighted by Crippen LogP contribution is -2.31. The molecule has 0 radical (unpaired) electrons. The van der Waals surface area contributed by atoms with E-state index in [2.05, 4.69) is 70.0 Å². The summed E-state index contributed by atoms with van der Waals surface area (Å²) in [5.41, 5.74) is 1.79. The molecule has 0 aliphatic heterocycles. The van der Waals surface area contributed by atoms with Gasteiger partial charge in [0.15, 0.2) is 0 Å². The van der Waals surface area contributed by atoms with Crippen LogP contribution in [0.2, 0.25) is 0 Å². The SMILES string of the molecule is C[C@H](CN(C)Cc1ccccc1)C(C)(C)C. The van der Waals surface area contributed by atoms with Gasteiger partial charge < -0.3 is 4.90 Å². The minimum absolute atomic E-state index is 0.394. The van der Waals surface area contributed by atoms with Crippen LogP contribution in [0.5, 0.6) is 0 Å². The van der Waals surface area contributed by atoms with Gasteiger partial charge in [0.2, 0.25) is 0 Å². The summed E-state index contributed by atoms with van der Waals surface area (Å²) >= 11 is 0. The van der Waals surface area contributed by atoms with Crippen LogP contribution in [-0.4, -0.2) is 18.5 Å². The van der Waals surface area contributed by atoms with E-state index in [9.17, 15) is 0 Å². The molecule has 1 aromatic rings. The molecular weight excluding hydrogens is 194 g/mol. The van der Waals surface area contributed by atoms with E-state index in [-0.39, 0.29) is 0 Å². The van der Waals surface area contributed by atoms with Crippen LogP contribution in [0.3, 0.4) is 0 Å². The van der Waals surface area contributed by atoms with Crippen molar-refractivity contribution in [2.75, 3.05) is 13.6 Å². The highest BCUT2D eigenvalue weighted by Gasteiger charge is 2.21. The quantitative estimate of drug-likeness (QED) is 0.744. The molecule has 90 valence electrons. The fourth-order valence-corrected chi connectivity index (χ4v) is 1.70. The molecule has 0 bridgehead atoms. The van der Waals surface area contributed by atoms with Gasteiger partial charge in [-0.3, -0.25) is 0 Å². The predicted molar refractivity (Wildman–Crippen MR) is 71.4 cm³/mol. The van der Waals surface area contributed by atoms with Crippen LogP contribution in [0.25, 0.3) is 0 Å². The molecule has 0 saturated heterocycles. The second-order valence-corrected chi connectivity index (χ2v) is 5.95. The van der Waals surface area contributed by atoms with E-state index in [1.54, 1.807) is 0 Å². The van der Waals surface area contributed by atoms with Gasteiger partial charge in [-0.25, -0.2) is 0 Å². The zero-order valence-electron chi connectivity index (χ0n) is 11.3. The zero-order chi connectivity index (χ0) is 12.2. The van der Waals surface area contributed by atoms with E-state index in [0.717, 1.165) is 13.1 Å². The third kappa shape index (κ3) is 4.36. The smallest absolute Gasteiger partial charge is 0.0230 e. The monoisotopic (exact) mass is 219 g/mol. The summed E-state index contributed by atoms with van der Waals surface area (Å²) in [6, 6.07) is 10.7. The summed E-state index contributed by atoms with van der Waals surface area (Å²) < 4.78 is 0. The largest absolute Gasteiger partial charge is 0.302 e. The van der Waals surface area contributed by atoms with Crippen molar-refractivity contribution in [3.63, 3.8) is 0 Å². The molecule has 1 rings (SSSR count). The van der Waals surface area contributed by atoms with Crippen LogP contribution >= 0.6 is 0 Å². The highest BCUT2D eigenvalue weighted by Crippen LogP contribution is 2.25. The molecular formula is C15H25N. The van der Waals surface area contributed by atoms with Crippen molar-refractivity contribution < 1.29 is 0 Å². The number of hydrogen-bond donors (Lipinski definition) is 0. The van der Waals surface area contributed by atoms with E-state index >= 15 is 0 Å². The molecule has 0 heterocycles. The zero-order valence-corrected chi connectivity index (χ0v) is 11.3. The van der Waals surface area contributed by atoms with Crippen LogP contribution in [0.1, 0.15) is 33.3 Å². The lowest BCUT2D eigenvalue weighted by molar-refractivity contribution is 0.179. The van der Waals surface area contributed by atoms with Gasteiger partial charge >= 0.3 is 0 Å². The number of hydrogen-bond acceptors (Lipinski definition) is 1. The Bertz CT molecular complexity index is 297. The van der Waals surface area contributed by atoms with E-state index in [1.807, 2.05) is 0 Å². The van der Waals surface area contributed by atoms with Gasteiger partial charge in [-0.1, -0.05) is 58.0 Å². The third-order valence-corrected chi connectivity index (χ3v) is 3.36. The molecule has 0 aliphatic carbocycles. The molecule has 0 unspecified atom stereocenters. The standard InChI is InChI=1S/C15H25N/c1-13(15(2,3)4)11-16(5)12-14-9-7-6-8-10-14/h6-10,13H,11-12H2,1-5H3/t13-/m1/s1. The average Bonchev–Trinajstić information content (AvgIpc) is 2.17. The third-order valence-electron chi connectivity index (χ3n) is 3.36. The Morgan fingerprint density at radius 1 is 1.12 bits per heavy atom. The van der Waals surface area contributed by atoms with Gasteiger partial charge in [-0.05, 0) is 23.9 Å². The van der Waals surface area contributed by atoms with Crippen LogP contribution in [0, 0.1) is 11.3 Å². The summed E-state index contributed by atoms with van der Waals surface area (Å²) in [5.74, 6) is 0.709. The van der Waals surface area contributed by atoms with E-state index in [4.69, 9.17) is 0 Å². The fourth-order valence-electron chi connectivity index (χ4n) is 1.70. The molecule has 0 fully saturated rings. The Morgan fingerprint density at radius 3 is 2.19 bits per heavy atom. The molecule has 16 heavy (non-hydrogen) atoms. The van der Waals surface area contributed by atoms with Crippen molar-refractivity contribution in [3.8, 4) is 0 Å². The van der Waals surface area contributed by atoms with Gasteiger partial charge in [-0.15, -0.1) is 0 Å². The van der Waals surface area contributed by atoms with Crippen molar-refractivity contribution in [3.05, 3.63) is 35.9 Å². The maximum Gasteiger partial charge on any atom is 0.0230 e. The number of rotatable bonds is 4. The van der Waals surface area contributed by atoms with Crippen LogP contribution in [0.4, 0.5) is 0 Å². The Labute approximate surface area is 100 Å². The minimum atomic E-state index is 0.394. The summed E-state index contributed by atoms with van der Waals surface area (Å²) in [4.78, 5) is 2.41. The number of nitrogens with zero attached hydrogens (tertiary/aromatic N) is 1. The van der Waals surface area contributed by atoms with Crippen molar-refractivity contribution in [1.29, 1.82) is 0 Å². The second-order valence-electron chi connectivity index (χ2n) is 5.95. The highest BCUT2D eigenvalue weighted by molar-refractivity contribution is 5.14. The molecule has 1 nitrogen and oxygen atoms in total. The second kappa shape index (κ2) is 5.49. The molecule has 0 amide bonds. The van der Waals surface area contributed by atoms with E-state index in [0.29, 0.717) is 11.3 Å². The van der Waals surface area contributed by atoms with Gasteiger partial charge in [0, 0.05) is 13.1 Å². The Kier molecular flexibility index (Phi) is 4.55. The Hall–Kier alpha value is -0.820. The maximum absolute atomic E-state index is 2.41. The molecule has 1 aromatic carbocycles. The van der Waals surface area contributed by atoms with Gasteiger partial charge in [0.05, 0.1) is 0 Å².